The van der Waals surface area contributed by atoms with Gasteiger partial charge in [0.05, 0.1) is 0 Å². The number of anilines is 1. The van der Waals surface area contributed by atoms with Crippen molar-refractivity contribution in [3.05, 3.63) is 29.8 Å². The van der Waals surface area contributed by atoms with Crippen molar-refractivity contribution in [1.82, 2.24) is 4.90 Å². The fourth-order valence-corrected chi connectivity index (χ4v) is 3.04. The van der Waals surface area contributed by atoms with Gasteiger partial charge in [-0.1, -0.05) is 38.5 Å². The first-order chi connectivity index (χ1) is 9.18. The van der Waals surface area contributed by atoms with Gasteiger partial charge in [0, 0.05) is 18.3 Å². The molecule has 2 rings (SSSR count). The van der Waals surface area contributed by atoms with Crippen molar-refractivity contribution in [3.8, 4) is 0 Å². The number of benzene rings is 1. The van der Waals surface area contributed by atoms with Gasteiger partial charge in [0.25, 0.3) is 0 Å². The van der Waals surface area contributed by atoms with Gasteiger partial charge < -0.3 is 10.2 Å². The Morgan fingerprint density at radius 1 is 1.26 bits per heavy atom. The summed E-state index contributed by atoms with van der Waals surface area (Å²) in [5.74, 6) is 0.584. The number of hydrogen-bond donors (Lipinski definition) is 1. The maximum absolute atomic E-state index is 3.64. The lowest BCUT2D eigenvalue weighted by Crippen LogP contribution is -2.37. The smallest absolute Gasteiger partial charge is 0.0375 e. The summed E-state index contributed by atoms with van der Waals surface area (Å²) in [5.41, 5.74) is 2.75. The molecule has 1 aromatic carbocycles. The highest BCUT2D eigenvalue weighted by molar-refractivity contribution is 5.52. The molecule has 2 nitrogen and oxygen atoms in total. The molecule has 0 aromatic heterocycles. The molecule has 0 aliphatic carbocycles. The summed E-state index contributed by atoms with van der Waals surface area (Å²) >= 11 is 0. The predicted octanol–water partition coefficient (Wildman–Crippen LogP) is 4.10. The second-order valence-corrected chi connectivity index (χ2v) is 6.09. The lowest BCUT2D eigenvalue weighted by atomic mass is 9.99. The van der Waals surface area contributed by atoms with Crippen LogP contribution in [-0.4, -0.2) is 31.1 Å². The Kier molecular flexibility index (Phi) is 5.26. The van der Waals surface area contributed by atoms with E-state index >= 15 is 0 Å². The van der Waals surface area contributed by atoms with Gasteiger partial charge in [-0.2, -0.15) is 0 Å². The first-order valence-electron chi connectivity index (χ1n) is 7.71. The van der Waals surface area contributed by atoms with Crippen LogP contribution in [0.3, 0.4) is 0 Å². The van der Waals surface area contributed by atoms with Gasteiger partial charge in [-0.3, -0.25) is 0 Å². The van der Waals surface area contributed by atoms with Crippen LogP contribution in [0.4, 0.5) is 5.69 Å². The highest BCUT2D eigenvalue weighted by Gasteiger charge is 2.18. The largest absolute Gasteiger partial charge is 0.385 e. The zero-order valence-corrected chi connectivity index (χ0v) is 12.7. The summed E-state index contributed by atoms with van der Waals surface area (Å²) in [5, 5.41) is 3.64. The van der Waals surface area contributed by atoms with Crippen LogP contribution < -0.4 is 5.32 Å². The molecule has 1 aliphatic heterocycles. The molecule has 0 radical (unpaired) electrons. The Bertz CT molecular complexity index is 387. The molecule has 1 saturated heterocycles. The van der Waals surface area contributed by atoms with E-state index in [4.69, 9.17) is 0 Å². The van der Waals surface area contributed by atoms with Crippen LogP contribution in [0.5, 0.6) is 0 Å². The van der Waals surface area contributed by atoms with Gasteiger partial charge in [0.1, 0.15) is 0 Å². The zero-order chi connectivity index (χ0) is 13.7. The Hall–Kier alpha value is -1.02. The summed E-state index contributed by atoms with van der Waals surface area (Å²) in [7, 11) is 2.27. The number of para-hydroxylation sites is 1. The third-order valence-corrected chi connectivity index (χ3v) is 4.30. The molecular formula is C17H28N2. The second kappa shape index (κ2) is 6.95. The van der Waals surface area contributed by atoms with E-state index in [9.17, 15) is 0 Å². The number of piperidine rings is 1. The third kappa shape index (κ3) is 3.97. The van der Waals surface area contributed by atoms with Crippen LogP contribution in [-0.2, 0) is 0 Å². The van der Waals surface area contributed by atoms with Crippen LogP contribution >= 0.6 is 0 Å². The Morgan fingerprint density at radius 3 is 2.79 bits per heavy atom. The number of rotatable bonds is 5. The van der Waals surface area contributed by atoms with Crippen LogP contribution in [0.15, 0.2) is 24.3 Å². The minimum Gasteiger partial charge on any atom is -0.385 e. The maximum Gasteiger partial charge on any atom is 0.0375 e. The van der Waals surface area contributed by atoms with Gasteiger partial charge >= 0.3 is 0 Å². The third-order valence-electron chi connectivity index (χ3n) is 4.30. The summed E-state index contributed by atoms with van der Waals surface area (Å²) in [6, 6.07) is 9.48. The molecular weight excluding hydrogens is 232 g/mol. The van der Waals surface area contributed by atoms with Crippen LogP contribution in [0.2, 0.25) is 0 Å². The Labute approximate surface area is 118 Å². The number of nitrogens with zero attached hydrogens (tertiary/aromatic N) is 1. The van der Waals surface area contributed by atoms with Gasteiger partial charge in [0.15, 0.2) is 0 Å². The molecule has 2 heteroatoms. The normalized spacial score (nSPS) is 20.7. The van der Waals surface area contributed by atoms with E-state index in [1.807, 2.05) is 0 Å². The number of likely N-dealkylation sites (tertiary alicyclic amines) is 1. The first kappa shape index (κ1) is 14.4. The maximum atomic E-state index is 3.64. The molecule has 1 unspecified atom stereocenters. The van der Waals surface area contributed by atoms with E-state index in [1.165, 1.54) is 43.5 Å². The average Bonchev–Trinajstić information content (AvgIpc) is 2.41. The van der Waals surface area contributed by atoms with Crippen LogP contribution in [0.1, 0.15) is 51.0 Å². The molecule has 1 fully saturated rings. The van der Waals surface area contributed by atoms with Gasteiger partial charge in [-0.05, 0) is 50.4 Å². The molecule has 1 heterocycles. The summed E-state index contributed by atoms with van der Waals surface area (Å²) in [6.07, 6.45) is 5.39. The van der Waals surface area contributed by atoms with Crippen molar-refractivity contribution < 1.29 is 0 Å². The van der Waals surface area contributed by atoms with Crippen molar-refractivity contribution in [2.75, 3.05) is 25.5 Å². The second-order valence-electron chi connectivity index (χ2n) is 6.09. The molecule has 1 aromatic rings. The highest BCUT2D eigenvalue weighted by atomic mass is 15.1. The molecule has 0 bridgehead atoms. The van der Waals surface area contributed by atoms with Gasteiger partial charge in [-0.25, -0.2) is 0 Å². The van der Waals surface area contributed by atoms with E-state index in [-0.39, 0.29) is 0 Å². The molecule has 0 spiro atoms. The minimum absolute atomic E-state index is 0.584. The molecule has 106 valence electrons. The highest BCUT2D eigenvalue weighted by Crippen LogP contribution is 2.24. The van der Waals surface area contributed by atoms with E-state index in [0.29, 0.717) is 5.92 Å². The van der Waals surface area contributed by atoms with Gasteiger partial charge in [0.2, 0.25) is 0 Å². The predicted molar refractivity (Wildman–Crippen MR) is 83.9 cm³/mol. The van der Waals surface area contributed by atoms with E-state index in [2.05, 4.69) is 55.4 Å². The van der Waals surface area contributed by atoms with Crippen molar-refractivity contribution in [2.45, 2.75) is 51.5 Å². The fourth-order valence-electron chi connectivity index (χ4n) is 3.04. The van der Waals surface area contributed by atoms with E-state index < -0.39 is 0 Å². The Morgan fingerprint density at radius 2 is 2.05 bits per heavy atom. The topological polar surface area (TPSA) is 15.3 Å². The fraction of sp³-hybridized carbons (Fsp3) is 0.647. The molecule has 19 heavy (non-hydrogen) atoms. The van der Waals surface area contributed by atoms with Crippen molar-refractivity contribution in [3.63, 3.8) is 0 Å². The molecule has 1 N–H and O–H groups in total. The van der Waals surface area contributed by atoms with Crippen LogP contribution in [0.25, 0.3) is 0 Å². The Balaban J connectivity index is 1.85. The lowest BCUT2D eigenvalue weighted by Gasteiger charge is -2.32. The monoisotopic (exact) mass is 260 g/mol. The molecule has 0 amide bonds. The SMILES string of the molecule is CC(C)c1ccccc1NCCC1CCCCN1C. The summed E-state index contributed by atoms with van der Waals surface area (Å²) in [4.78, 5) is 2.53. The summed E-state index contributed by atoms with van der Waals surface area (Å²) < 4.78 is 0. The average molecular weight is 260 g/mol. The lowest BCUT2D eigenvalue weighted by molar-refractivity contribution is 0.179. The standard InChI is InChI=1S/C17H28N2/c1-14(2)16-9-4-5-10-17(16)18-12-11-15-8-6-7-13-19(15)3/h4-5,9-10,14-15,18H,6-8,11-13H2,1-3H3. The van der Waals surface area contributed by atoms with Crippen molar-refractivity contribution in [1.29, 1.82) is 0 Å². The van der Waals surface area contributed by atoms with Gasteiger partial charge in [-0.15, -0.1) is 0 Å². The summed E-state index contributed by atoms with van der Waals surface area (Å²) in [6.45, 7) is 6.87. The van der Waals surface area contributed by atoms with Crippen LogP contribution in [0, 0.1) is 0 Å². The minimum atomic E-state index is 0.584. The number of hydrogen-bond acceptors (Lipinski definition) is 2. The molecule has 0 saturated carbocycles. The van der Waals surface area contributed by atoms with E-state index in [0.717, 1.165) is 12.6 Å². The van der Waals surface area contributed by atoms with Crippen molar-refractivity contribution >= 4 is 5.69 Å². The molecule has 1 atom stereocenters. The van der Waals surface area contributed by atoms with Crippen molar-refractivity contribution in [2.24, 2.45) is 0 Å². The molecule has 1 aliphatic rings. The quantitative estimate of drug-likeness (QED) is 0.857. The van der Waals surface area contributed by atoms with E-state index in [1.54, 1.807) is 0 Å². The first-order valence-corrected chi connectivity index (χ1v) is 7.71. The zero-order valence-electron chi connectivity index (χ0n) is 12.7. The number of nitrogens with one attached hydrogen (secondary N) is 1.